The average Bonchev–Trinajstić information content (AvgIpc) is 2.62. The van der Waals surface area contributed by atoms with E-state index in [1.165, 1.54) is 6.42 Å². The van der Waals surface area contributed by atoms with Gasteiger partial charge in [0.15, 0.2) is 0 Å². The molecule has 1 fully saturated rings. The van der Waals surface area contributed by atoms with Gasteiger partial charge < -0.3 is 5.32 Å². The monoisotopic (exact) mass is 237 g/mol. The quantitative estimate of drug-likeness (QED) is 0.853. The maximum absolute atomic E-state index is 4.38. The third kappa shape index (κ3) is 3.26. The molecule has 17 heavy (non-hydrogen) atoms. The van der Waals surface area contributed by atoms with Crippen LogP contribution in [0.25, 0.3) is 0 Å². The number of hydrogen-bond acceptors (Lipinski definition) is 4. The Bertz CT molecular complexity index is 346. The molecular formula is C12H23N5. The minimum atomic E-state index is 0.384. The molecule has 0 radical (unpaired) electrons. The van der Waals surface area contributed by atoms with Crippen LogP contribution < -0.4 is 5.32 Å². The van der Waals surface area contributed by atoms with Gasteiger partial charge >= 0.3 is 0 Å². The molecule has 1 aliphatic rings. The molecule has 1 aromatic rings. The van der Waals surface area contributed by atoms with Crippen molar-refractivity contribution in [1.82, 2.24) is 25.0 Å². The Kier molecular flexibility index (Phi) is 4.12. The largest absolute Gasteiger partial charge is 0.313 e. The molecule has 96 valence electrons. The molecule has 2 heterocycles. The van der Waals surface area contributed by atoms with Crippen LogP contribution in [0, 0.1) is 0 Å². The first-order valence-corrected chi connectivity index (χ1v) is 6.51. The highest BCUT2D eigenvalue weighted by molar-refractivity contribution is 4.88. The van der Waals surface area contributed by atoms with Gasteiger partial charge in [0.25, 0.3) is 0 Å². The Morgan fingerprint density at radius 2 is 2.35 bits per heavy atom. The number of hydrogen-bond donors (Lipinski definition) is 1. The Morgan fingerprint density at radius 1 is 1.53 bits per heavy atom. The zero-order valence-corrected chi connectivity index (χ0v) is 11.1. The van der Waals surface area contributed by atoms with E-state index in [-0.39, 0.29) is 0 Å². The first-order valence-electron chi connectivity index (χ1n) is 6.51. The topological polar surface area (TPSA) is 46.0 Å². The lowest BCUT2D eigenvalue weighted by Gasteiger charge is -2.22. The molecule has 0 saturated carbocycles. The number of nitrogens with zero attached hydrogens (tertiary/aromatic N) is 4. The first-order chi connectivity index (χ1) is 8.16. The molecule has 1 saturated heterocycles. The van der Waals surface area contributed by atoms with Gasteiger partial charge in [0.1, 0.15) is 12.2 Å². The molecule has 1 N–H and O–H groups in total. The molecule has 2 rings (SSSR count). The van der Waals surface area contributed by atoms with Crippen LogP contribution in [0.2, 0.25) is 0 Å². The Balaban J connectivity index is 2.01. The molecule has 5 heteroatoms. The summed E-state index contributed by atoms with van der Waals surface area (Å²) in [4.78, 5) is 6.84. The second-order valence-electron chi connectivity index (χ2n) is 5.16. The fourth-order valence-electron chi connectivity index (χ4n) is 2.36. The van der Waals surface area contributed by atoms with Gasteiger partial charge in [-0.25, -0.2) is 9.67 Å². The highest BCUT2D eigenvalue weighted by Gasteiger charge is 2.17. The number of rotatable bonds is 3. The molecule has 5 nitrogen and oxygen atoms in total. The normalized spacial score (nSPS) is 22.9. The summed E-state index contributed by atoms with van der Waals surface area (Å²) < 4.78 is 2.02. The van der Waals surface area contributed by atoms with E-state index >= 15 is 0 Å². The SMILES string of the molecule is CC1CN(Cc2ncnn2C(C)C)CCCN1. The predicted molar refractivity (Wildman–Crippen MR) is 67.8 cm³/mol. The van der Waals surface area contributed by atoms with Crippen molar-refractivity contribution in [2.75, 3.05) is 19.6 Å². The Morgan fingerprint density at radius 3 is 3.12 bits per heavy atom. The summed E-state index contributed by atoms with van der Waals surface area (Å²) in [5, 5.41) is 7.79. The molecular weight excluding hydrogens is 214 g/mol. The zero-order valence-electron chi connectivity index (χ0n) is 11.1. The van der Waals surface area contributed by atoms with Crippen LogP contribution in [0.15, 0.2) is 6.33 Å². The van der Waals surface area contributed by atoms with Crippen LogP contribution in [0.4, 0.5) is 0 Å². The summed E-state index contributed by atoms with van der Waals surface area (Å²) >= 11 is 0. The third-order valence-electron chi connectivity index (χ3n) is 3.18. The Hall–Kier alpha value is -0.940. The second-order valence-corrected chi connectivity index (χ2v) is 5.16. The van der Waals surface area contributed by atoms with Gasteiger partial charge in [-0.15, -0.1) is 0 Å². The van der Waals surface area contributed by atoms with Crippen LogP contribution in [-0.4, -0.2) is 45.3 Å². The molecule has 0 amide bonds. The maximum Gasteiger partial charge on any atom is 0.141 e. The van der Waals surface area contributed by atoms with Gasteiger partial charge in [-0.1, -0.05) is 0 Å². The molecule has 0 spiro atoms. The molecule has 0 aliphatic carbocycles. The van der Waals surface area contributed by atoms with Crippen LogP contribution >= 0.6 is 0 Å². The van der Waals surface area contributed by atoms with E-state index < -0.39 is 0 Å². The molecule has 0 bridgehead atoms. The highest BCUT2D eigenvalue weighted by atomic mass is 15.4. The second kappa shape index (κ2) is 5.60. The molecule has 1 aromatic heterocycles. The van der Waals surface area contributed by atoms with Crippen LogP contribution in [0.1, 0.15) is 39.1 Å². The van der Waals surface area contributed by atoms with Crippen LogP contribution in [-0.2, 0) is 6.54 Å². The number of nitrogens with one attached hydrogen (secondary N) is 1. The van der Waals surface area contributed by atoms with Gasteiger partial charge in [0.05, 0.1) is 6.54 Å². The van der Waals surface area contributed by atoms with E-state index in [4.69, 9.17) is 0 Å². The van der Waals surface area contributed by atoms with Crippen molar-refractivity contribution in [3.05, 3.63) is 12.2 Å². The smallest absolute Gasteiger partial charge is 0.141 e. The van der Waals surface area contributed by atoms with E-state index in [1.807, 2.05) is 4.68 Å². The van der Waals surface area contributed by atoms with E-state index in [9.17, 15) is 0 Å². The predicted octanol–water partition coefficient (Wildman–Crippen LogP) is 1.04. The first kappa shape index (κ1) is 12.5. The molecule has 1 unspecified atom stereocenters. The summed E-state index contributed by atoms with van der Waals surface area (Å²) in [6.45, 7) is 10.8. The van der Waals surface area contributed by atoms with Gasteiger partial charge in [-0.2, -0.15) is 5.10 Å². The van der Waals surface area contributed by atoms with Crippen molar-refractivity contribution in [3.8, 4) is 0 Å². The third-order valence-corrected chi connectivity index (χ3v) is 3.18. The summed E-state index contributed by atoms with van der Waals surface area (Å²) in [6.07, 6.45) is 2.87. The summed E-state index contributed by atoms with van der Waals surface area (Å²) in [5.41, 5.74) is 0. The Labute approximate surface area is 103 Å². The lowest BCUT2D eigenvalue weighted by Crippen LogP contribution is -2.35. The lowest BCUT2D eigenvalue weighted by molar-refractivity contribution is 0.251. The number of aromatic nitrogens is 3. The lowest BCUT2D eigenvalue weighted by atomic mass is 10.3. The van der Waals surface area contributed by atoms with Crippen molar-refractivity contribution in [1.29, 1.82) is 0 Å². The standard InChI is InChI=1S/C12H23N5/c1-10(2)17-12(14-9-15-17)8-16-6-4-5-13-11(3)7-16/h9-11,13H,4-8H2,1-3H3. The minimum absolute atomic E-state index is 0.384. The van der Waals surface area contributed by atoms with Crippen molar-refractivity contribution in [2.45, 2.75) is 45.8 Å². The average molecular weight is 237 g/mol. The van der Waals surface area contributed by atoms with Gasteiger partial charge in [-0.05, 0) is 40.3 Å². The molecule has 1 aliphatic heterocycles. The fraction of sp³-hybridized carbons (Fsp3) is 0.833. The van der Waals surface area contributed by atoms with Crippen molar-refractivity contribution in [3.63, 3.8) is 0 Å². The van der Waals surface area contributed by atoms with E-state index in [0.29, 0.717) is 12.1 Å². The van der Waals surface area contributed by atoms with Crippen LogP contribution in [0.3, 0.4) is 0 Å². The van der Waals surface area contributed by atoms with Crippen molar-refractivity contribution in [2.24, 2.45) is 0 Å². The maximum atomic E-state index is 4.38. The van der Waals surface area contributed by atoms with Gasteiger partial charge in [0, 0.05) is 18.6 Å². The van der Waals surface area contributed by atoms with Crippen LogP contribution in [0.5, 0.6) is 0 Å². The van der Waals surface area contributed by atoms with E-state index in [0.717, 1.165) is 32.0 Å². The molecule has 1 atom stereocenters. The van der Waals surface area contributed by atoms with E-state index in [1.54, 1.807) is 6.33 Å². The van der Waals surface area contributed by atoms with Crippen molar-refractivity contribution >= 4 is 0 Å². The highest BCUT2D eigenvalue weighted by Crippen LogP contribution is 2.10. The summed E-state index contributed by atoms with van der Waals surface area (Å²) in [5.74, 6) is 1.08. The van der Waals surface area contributed by atoms with Crippen molar-refractivity contribution < 1.29 is 0 Å². The fourth-order valence-corrected chi connectivity index (χ4v) is 2.36. The van der Waals surface area contributed by atoms with E-state index in [2.05, 4.69) is 41.1 Å². The van der Waals surface area contributed by atoms with Gasteiger partial charge in [0.2, 0.25) is 0 Å². The summed E-state index contributed by atoms with van der Waals surface area (Å²) in [6, 6.07) is 0.947. The summed E-state index contributed by atoms with van der Waals surface area (Å²) in [7, 11) is 0. The zero-order chi connectivity index (χ0) is 12.3. The van der Waals surface area contributed by atoms with Gasteiger partial charge in [-0.3, -0.25) is 4.90 Å². The minimum Gasteiger partial charge on any atom is -0.313 e. The molecule has 0 aromatic carbocycles.